The Morgan fingerprint density at radius 2 is 1.58 bits per heavy atom. The van der Waals surface area contributed by atoms with Crippen LogP contribution in [-0.4, -0.2) is 69.1 Å². The number of ether oxygens (including phenoxy) is 1. The van der Waals surface area contributed by atoms with Gasteiger partial charge < -0.3 is 36.4 Å². The predicted octanol–water partition coefficient (Wildman–Crippen LogP) is 5.37. The van der Waals surface area contributed by atoms with Crippen LogP contribution in [-0.2, 0) is 19.9 Å². The fourth-order valence-electron chi connectivity index (χ4n) is 4.99. The molecule has 0 radical (unpaired) electrons. The molecule has 53 heavy (non-hydrogen) atoms. The van der Waals surface area contributed by atoms with Gasteiger partial charge in [-0.1, -0.05) is 49.7 Å². The van der Waals surface area contributed by atoms with E-state index in [-0.39, 0.29) is 23.4 Å². The van der Waals surface area contributed by atoms with E-state index in [4.69, 9.17) is 16.3 Å². The average molecular weight is 755 g/mol. The quantitative estimate of drug-likeness (QED) is 0.0906. The minimum absolute atomic E-state index is 0.0294. The topological polar surface area (TPSA) is 197 Å². The molecule has 1 heterocycles. The largest absolute Gasteiger partial charge is 0.480 e. The van der Waals surface area contributed by atoms with Gasteiger partial charge in [-0.25, -0.2) is 4.79 Å². The number of carbonyl (C=O) groups excluding carboxylic acids is 3. The van der Waals surface area contributed by atoms with Gasteiger partial charge in [-0.2, -0.15) is 28.1 Å². The molecule has 0 saturated heterocycles. The van der Waals surface area contributed by atoms with Crippen LogP contribution in [0.4, 0.5) is 36.4 Å². The number of hydrogen-bond acceptors (Lipinski definition) is 10. The minimum atomic E-state index is -4.65. The number of anilines is 4. The maximum absolute atomic E-state index is 12.9. The van der Waals surface area contributed by atoms with E-state index in [9.17, 15) is 37.5 Å². The summed E-state index contributed by atoms with van der Waals surface area (Å²) in [4.78, 5) is 61.8. The van der Waals surface area contributed by atoms with Gasteiger partial charge in [-0.05, 0) is 78.4 Å². The van der Waals surface area contributed by atoms with E-state index in [1.807, 2.05) is 32.0 Å². The number of nitrogens with zero attached hydrogens (tertiary/aromatic N) is 3. The molecular weight excluding hydrogens is 721 g/mol. The first-order chi connectivity index (χ1) is 25.1. The van der Waals surface area contributed by atoms with Crippen LogP contribution < -0.4 is 31.3 Å². The first kappa shape index (κ1) is 38.3. The number of aliphatic carboxylic acids is 1. The third-order valence-electron chi connectivity index (χ3n) is 7.97. The monoisotopic (exact) mass is 754 g/mol. The number of nitrogens with one attached hydrogen (secondary N) is 5. The zero-order valence-corrected chi connectivity index (χ0v) is 29.0. The predicted molar refractivity (Wildman–Crippen MR) is 188 cm³/mol. The standard InChI is InChI=1S/C35H34ClF3N8O6/c1-19(2)21-4-3-5-25(16-21)41-29(50)28(49)40-17-26(30(51)52)43-27(48)20-6-12-24(13-7-20)42-31-44-32(46-33(45-31)53-18-35(37,38)39)47-34(14-15-34)22-8-10-23(36)11-9-22/h3-13,16,19,26H,14-15,17-18H2,1-2H3,(H,40,49)(H,41,50)(H,43,48)(H,51,52)(H2,42,44,45,46,47)/t26-/m0/s1. The van der Waals surface area contributed by atoms with Gasteiger partial charge in [0.1, 0.15) is 6.04 Å². The van der Waals surface area contributed by atoms with Crippen molar-refractivity contribution in [3.8, 4) is 6.01 Å². The molecule has 1 aliphatic rings. The van der Waals surface area contributed by atoms with Crippen molar-refractivity contribution in [2.24, 2.45) is 0 Å². The third-order valence-corrected chi connectivity index (χ3v) is 8.22. The number of amides is 3. The Kier molecular flexibility index (Phi) is 11.7. The first-order valence-electron chi connectivity index (χ1n) is 16.2. The highest BCUT2D eigenvalue weighted by Crippen LogP contribution is 2.48. The lowest BCUT2D eigenvalue weighted by Crippen LogP contribution is -2.50. The summed E-state index contributed by atoms with van der Waals surface area (Å²) in [6.45, 7) is 1.71. The molecule has 278 valence electrons. The highest BCUT2D eigenvalue weighted by molar-refractivity contribution is 6.39. The Bertz CT molecular complexity index is 1980. The maximum Gasteiger partial charge on any atom is 0.422 e. The van der Waals surface area contributed by atoms with Gasteiger partial charge in [-0.3, -0.25) is 14.4 Å². The third kappa shape index (κ3) is 10.8. The highest BCUT2D eigenvalue weighted by Gasteiger charge is 2.45. The van der Waals surface area contributed by atoms with Crippen LogP contribution >= 0.6 is 11.6 Å². The summed E-state index contributed by atoms with van der Waals surface area (Å²) in [5.74, 6) is -4.41. The van der Waals surface area contributed by atoms with Gasteiger partial charge in [0.25, 0.3) is 5.91 Å². The molecule has 1 saturated carbocycles. The van der Waals surface area contributed by atoms with Crippen LogP contribution in [0.15, 0.2) is 72.8 Å². The van der Waals surface area contributed by atoms with Gasteiger partial charge in [0, 0.05) is 28.5 Å². The van der Waals surface area contributed by atoms with Crippen molar-refractivity contribution in [3.05, 3.63) is 94.5 Å². The lowest BCUT2D eigenvalue weighted by atomic mass is 10.0. The fourth-order valence-corrected chi connectivity index (χ4v) is 5.11. The smallest absolute Gasteiger partial charge is 0.422 e. The normalized spacial score (nSPS) is 13.7. The molecule has 1 aliphatic carbocycles. The highest BCUT2D eigenvalue weighted by atomic mass is 35.5. The van der Waals surface area contributed by atoms with Crippen molar-refractivity contribution in [1.82, 2.24) is 25.6 Å². The summed E-state index contributed by atoms with van der Waals surface area (Å²) in [5, 5.41) is 23.1. The van der Waals surface area contributed by atoms with E-state index in [1.165, 1.54) is 24.3 Å². The summed E-state index contributed by atoms with van der Waals surface area (Å²) >= 11 is 6.02. The van der Waals surface area contributed by atoms with E-state index in [1.54, 1.807) is 30.3 Å². The van der Waals surface area contributed by atoms with Crippen molar-refractivity contribution < 1.29 is 42.2 Å². The van der Waals surface area contributed by atoms with Gasteiger partial charge in [0.15, 0.2) is 6.61 Å². The number of carboxylic acids is 1. The molecule has 14 nitrogen and oxygen atoms in total. The van der Waals surface area contributed by atoms with Crippen LogP contribution in [0.25, 0.3) is 0 Å². The molecule has 5 rings (SSSR count). The van der Waals surface area contributed by atoms with E-state index in [0.29, 0.717) is 29.2 Å². The number of hydrogen-bond donors (Lipinski definition) is 6. The molecule has 0 unspecified atom stereocenters. The molecule has 18 heteroatoms. The van der Waals surface area contributed by atoms with Crippen LogP contribution in [0.1, 0.15) is 54.1 Å². The summed E-state index contributed by atoms with van der Waals surface area (Å²) < 4.78 is 43.6. The van der Waals surface area contributed by atoms with E-state index < -0.39 is 60.6 Å². The molecule has 6 N–H and O–H groups in total. The van der Waals surface area contributed by atoms with Crippen LogP contribution in [0.2, 0.25) is 5.02 Å². The minimum Gasteiger partial charge on any atom is -0.480 e. The lowest BCUT2D eigenvalue weighted by molar-refractivity contribution is -0.154. The maximum atomic E-state index is 12.9. The number of benzene rings is 3. The fraction of sp³-hybridized carbons (Fsp3) is 0.286. The number of halogens is 4. The second kappa shape index (κ2) is 16.1. The van der Waals surface area contributed by atoms with Crippen molar-refractivity contribution in [1.29, 1.82) is 0 Å². The molecule has 0 aliphatic heterocycles. The van der Waals surface area contributed by atoms with Gasteiger partial charge >= 0.3 is 30.0 Å². The van der Waals surface area contributed by atoms with Crippen LogP contribution in [0, 0.1) is 0 Å². The second-order valence-corrected chi connectivity index (χ2v) is 12.8. The van der Waals surface area contributed by atoms with Gasteiger partial charge in [0.05, 0.1) is 5.54 Å². The Morgan fingerprint density at radius 1 is 0.906 bits per heavy atom. The number of aromatic nitrogens is 3. The Labute approximate surface area is 305 Å². The number of carbonyl (C=O) groups is 4. The summed E-state index contributed by atoms with van der Waals surface area (Å²) in [6, 6.07) is 17.4. The lowest BCUT2D eigenvalue weighted by Gasteiger charge is -2.19. The van der Waals surface area contributed by atoms with Crippen molar-refractivity contribution in [2.45, 2.75) is 50.4 Å². The number of alkyl halides is 3. The average Bonchev–Trinajstić information content (AvgIpc) is 3.89. The van der Waals surface area contributed by atoms with Crippen molar-refractivity contribution in [2.75, 3.05) is 29.1 Å². The zero-order valence-electron chi connectivity index (χ0n) is 28.3. The van der Waals surface area contributed by atoms with E-state index >= 15 is 0 Å². The Balaban J connectivity index is 1.21. The molecule has 4 aromatic rings. The van der Waals surface area contributed by atoms with E-state index in [2.05, 4.69) is 41.5 Å². The van der Waals surface area contributed by atoms with Crippen molar-refractivity contribution in [3.63, 3.8) is 0 Å². The molecule has 0 spiro atoms. The summed E-state index contributed by atoms with van der Waals surface area (Å²) in [6.07, 6.45) is -3.25. The molecular formula is C35H34ClF3N8O6. The Morgan fingerprint density at radius 3 is 2.21 bits per heavy atom. The molecule has 0 bridgehead atoms. The number of carboxylic acid groups (broad SMARTS) is 1. The Hall–Kier alpha value is -5.97. The van der Waals surface area contributed by atoms with Crippen LogP contribution in [0.3, 0.4) is 0 Å². The first-order valence-corrected chi connectivity index (χ1v) is 16.6. The molecule has 1 fully saturated rings. The second-order valence-electron chi connectivity index (χ2n) is 12.4. The molecule has 1 atom stereocenters. The zero-order chi connectivity index (χ0) is 38.3. The molecule has 1 aromatic heterocycles. The SMILES string of the molecule is CC(C)c1cccc(NC(=O)C(=O)NC[C@H](NC(=O)c2ccc(Nc3nc(NC4(c5ccc(Cl)cc5)CC4)nc(OCC(F)(F)F)n3)cc2)C(=O)O)c1. The summed E-state index contributed by atoms with van der Waals surface area (Å²) in [5.41, 5.74) is 1.98. The molecule has 3 amide bonds. The number of rotatable bonds is 14. The summed E-state index contributed by atoms with van der Waals surface area (Å²) in [7, 11) is 0. The van der Waals surface area contributed by atoms with Crippen LogP contribution in [0.5, 0.6) is 6.01 Å². The molecule has 3 aromatic carbocycles. The van der Waals surface area contributed by atoms with Gasteiger partial charge in [0.2, 0.25) is 11.9 Å². The van der Waals surface area contributed by atoms with Gasteiger partial charge in [-0.15, -0.1) is 0 Å². The van der Waals surface area contributed by atoms with Crippen molar-refractivity contribution >= 4 is 58.6 Å². The van der Waals surface area contributed by atoms with E-state index in [0.717, 1.165) is 11.1 Å².